The SMILES string of the molecule is CCCCCCCCCCCCCC(=O)OCC(COC1OC(C(=O)O)C(O)C(O)C1OC(=O)CCCCCCCCCCCCC)OC(=O)CCCCCCCCCCCCC. The molecule has 0 aromatic carbocycles. The predicted molar refractivity (Wildman–Crippen MR) is 248 cm³/mol. The van der Waals surface area contributed by atoms with E-state index in [-0.39, 0.29) is 25.9 Å². The number of esters is 3. The number of ether oxygens (including phenoxy) is 5. The van der Waals surface area contributed by atoms with Gasteiger partial charge in [-0.15, -0.1) is 0 Å². The predicted octanol–water partition coefficient (Wildman–Crippen LogP) is 12.0. The lowest BCUT2D eigenvalue weighted by atomic mass is 9.98. The Balaban J connectivity index is 2.73. The van der Waals surface area contributed by atoms with Crippen molar-refractivity contribution in [1.82, 2.24) is 0 Å². The average molecular weight is 899 g/mol. The van der Waals surface area contributed by atoms with E-state index in [1.807, 2.05) is 0 Å². The van der Waals surface area contributed by atoms with E-state index in [1.165, 1.54) is 128 Å². The van der Waals surface area contributed by atoms with Gasteiger partial charge in [0.05, 0.1) is 6.61 Å². The van der Waals surface area contributed by atoms with Crippen LogP contribution in [0.1, 0.15) is 252 Å². The van der Waals surface area contributed by atoms with Crippen LogP contribution in [0.4, 0.5) is 0 Å². The normalized spacial score (nSPS) is 19.2. The first-order valence-corrected chi connectivity index (χ1v) is 26.0. The number of aliphatic hydroxyl groups excluding tert-OH is 2. The van der Waals surface area contributed by atoms with Crippen molar-refractivity contribution >= 4 is 23.9 Å². The number of rotatable bonds is 44. The summed E-state index contributed by atoms with van der Waals surface area (Å²) in [4.78, 5) is 50.7. The third-order valence-electron chi connectivity index (χ3n) is 12.2. The molecule has 1 saturated heterocycles. The van der Waals surface area contributed by atoms with E-state index in [2.05, 4.69) is 20.8 Å². The van der Waals surface area contributed by atoms with Crippen LogP contribution in [0, 0.1) is 0 Å². The molecular weight excluding hydrogens is 805 g/mol. The zero-order chi connectivity index (χ0) is 46.2. The third-order valence-corrected chi connectivity index (χ3v) is 12.2. The smallest absolute Gasteiger partial charge is 0.335 e. The Morgan fingerprint density at radius 1 is 0.460 bits per heavy atom. The summed E-state index contributed by atoms with van der Waals surface area (Å²) in [5, 5.41) is 31.3. The summed E-state index contributed by atoms with van der Waals surface area (Å²) in [5.74, 6) is -3.09. The van der Waals surface area contributed by atoms with Crippen molar-refractivity contribution in [2.75, 3.05) is 13.2 Å². The van der Waals surface area contributed by atoms with Crippen molar-refractivity contribution in [2.24, 2.45) is 0 Å². The van der Waals surface area contributed by atoms with Gasteiger partial charge in [0, 0.05) is 19.3 Å². The van der Waals surface area contributed by atoms with E-state index in [0.717, 1.165) is 64.2 Å². The lowest BCUT2D eigenvalue weighted by Crippen LogP contribution is -2.61. The van der Waals surface area contributed by atoms with Crippen LogP contribution in [0.2, 0.25) is 0 Å². The van der Waals surface area contributed by atoms with Crippen LogP contribution in [0.5, 0.6) is 0 Å². The Hall–Kier alpha value is -2.28. The Morgan fingerprint density at radius 3 is 1.19 bits per heavy atom. The van der Waals surface area contributed by atoms with E-state index in [9.17, 15) is 34.5 Å². The molecule has 0 aliphatic carbocycles. The molecule has 0 saturated carbocycles. The van der Waals surface area contributed by atoms with Gasteiger partial charge < -0.3 is 39.0 Å². The maximum atomic E-state index is 13.0. The number of carbonyl (C=O) groups excluding carboxylic acids is 3. The summed E-state index contributed by atoms with van der Waals surface area (Å²) in [5.41, 5.74) is 0. The molecule has 0 aromatic rings. The van der Waals surface area contributed by atoms with E-state index >= 15 is 0 Å². The molecular formula is C51H94O12. The van der Waals surface area contributed by atoms with Crippen molar-refractivity contribution in [3.8, 4) is 0 Å². The van der Waals surface area contributed by atoms with Gasteiger partial charge in [-0.2, -0.15) is 0 Å². The molecule has 1 fully saturated rings. The van der Waals surface area contributed by atoms with Crippen LogP contribution in [0.15, 0.2) is 0 Å². The topological polar surface area (TPSA) is 175 Å². The maximum absolute atomic E-state index is 13.0. The van der Waals surface area contributed by atoms with Gasteiger partial charge in [0.2, 0.25) is 0 Å². The first-order chi connectivity index (χ1) is 30.6. The van der Waals surface area contributed by atoms with Gasteiger partial charge in [0.15, 0.2) is 24.6 Å². The van der Waals surface area contributed by atoms with E-state index < -0.39 is 67.3 Å². The van der Waals surface area contributed by atoms with Gasteiger partial charge in [0.1, 0.15) is 18.8 Å². The molecule has 6 atom stereocenters. The molecule has 0 radical (unpaired) electrons. The Morgan fingerprint density at radius 2 is 0.810 bits per heavy atom. The summed E-state index contributed by atoms with van der Waals surface area (Å²) in [6.07, 6.45) is 28.1. The highest BCUT2D eigenvalue weighted by Gasteiger charge is 2.50. The van der Waals surface area contributed by atoms with Gasteiger partial charge in [0.25, 0.3) is 0 Å². The van der Waals surface area contributed by atoms with Crippen molar-refractivity contribution in [3.05, 3.63) is 0 Å². The Labute approximate surface area is 383 Å². The number of aliphatic carboxylic acids is 1. The number of carboxylic acids is 1. The number of aliphatic hydroxyl groups is 2. The largest absolute Gasteiger partial charge is 0.479 e. The second-order valence-electron chi connectivity index (χ2n) is 18.2. The summed E-state index contributed by atoms with van der Waals surface area (Å²) in [6.45, 7) is 5.96. The van der Waals surface area contributed by atoms with Gasteiger partial charge in [-0.25, -0.2) is 4.79 Å². The number of hydrogen-bond donors (Lipinski definition) is 3. The third kappa shape index (κ3) is 32.1. The minimum absolute atomic E-state index is 0.0692. The monoisotopic (exact) mass is 899 g/mol. The maximum Gasteiger partial charge on any atom is 0.335 e. The average Bonchev–Trinajstić information content (AvgIpc) is 3.26. The summed E-state index contributed by atoms with van der Waals surface area (Å²) < 4.78 is 28.3. The summed E-state index contributed by atoms with van der Waals surface area (Å²) in [6, 6.07) is 0. The van der Waals surface area contributed by atoms with Crippen LogP contribution in [0.25, 0.3) is 0 Å². The number of carboxylic acid groups (broad SMARTS) is 1. The second kappa shape index (κ2) is 41.2. The van der Waals surface area contributed by atoms with Crippen LogP contribution < -0.4 is 0 Å². The van der Waals surface area contributed by atoms with Crippen molar-refractivity contribution in [1.29, 1.82) is 0 Å². The van der Waals surface area contributed by atoms with E-state index in [1.54, 1.807) is 0 Å². The fraction of sp³-hybridized carbons (Fsp3) is 0.922. The first kappa shape index (κ1) is 58.7. The first-order valence-electron chi connectivity index (χ1n) is 26.0. The van der Waals surface area contributed by atoms with Crippen molar-refractivity contribution in [3.63, 3.8) is 0 Å². The highest BCUT2D eigenvalue weighted by Crippen LogP contribution is 2.26. The molecule has 0 aromatic heterocycles. The summed E-state index contributed by atoms with van der Waals surface area (Å²) >= 11 is 0. The molecule has 1 aliphatic rings. The minimum Gasteiger partial charge on any atom is -0.479 e. The van der Waals surface area contributed by atoms with E-state index in [0.29, 0.717) is 19.3 Å². The highest BCUT2D eigenvalue weighted by atomic mass is 16.7. The standard InChI is InChI=1S/C51H94O12/c1-4-7-10-13-16-19-22-25-28-31-34-37-43(52)59-40-42(61-44(53)38-35-32-29-26-23-20-17-14-11-8-5-2)41-60-51-49(47(56)46(55)48(63-51)50(57)58)62-45(54)39-36-33-30-27-24-21-18-15-12-9-6-3/h42,46-49,51,55-56H,4-41H2,1-3H3,(H,57,58). The Bertz CT molecular complexity index is 1120. The molecule has 6 unspecified atom stereocenters. The summed E-state index contributed by atoms with van der Waals surface area (Å²) in [7, 11) is 0. The number of hydrogen-bond acceptors (Lipinski definition) is 11. The molecule has 3 N–H and O–H groups in total. The van der Waals surface area contributed by atoms with Crippen LogP contribution >= 0.6 is 0 Å². The fourth-order valence-electron chi connectivity index (χ4n) is 8.13. The zero-order valence-electron chi connectivity index (χ0n) is 40.4. The van der Waals surface area contributed by atoms with Gasteiger partial charge >= 0.3 is 23.9 Å². The van der Waals surface area contributed by atoms with Crippen molar-refractivity contribution in [2.45, 2.75) is 289 Å². The second-order valence-corrected chi connectivity index (χ2v) is 18.2. The van der Waals surface area contributed by atoms with Crippen LogP contribution in [-0.2, 0) is 42.9 Å². The lowest BCUT2D eigenvalue weighted by Gasteiger charge is -2.40. The molecule has 12 nitrogen and oxygen atoms in total. The molecule has 1 heterocycles. The van der Waals surface area contributed by atoms with Gasteiger partial charge in [-0.05, 0) is 19.3 Å². The van der Waals surface area contributed by atoms with Crippen LogP contribution in [0.3, 0.4) is 0 Å². The number of unbranched alkanes of at least 4 members (excludes halogenated alkanes) is 30. The van der Waals surface area contributed by atoms with Gasteiger partial charge in [-0.3, -0.25) is 14.4 Å². The van der Waals surface area contributed by atoms with Crippen LogP contribution in [-0.4, -0.2) is 89.2 Å². The Kier molecular flexibility index (Phi) is 38.4. The zero-order valence-corrected chi connectivity index (χ0v) is 40.4. The highest BCUT2D eigenvalue weighted by molar-refractivity contribution is 5.74. The quantitative estimate of drug-likeness (QED) is 0.0300. The molecule has 63 heavy (non-hydrogen) atoms. The molecule has 370 valence electrons. The fourth-order valence-corrected chi connectivity index (χ4v) is 8.13. The van der Waals surface area contributed by atoms with E-state index in [4.69, 9.17) is 23.7 Å². The molecule has 1 aliphatic heterocycles. The van der Waals surface area contributed by atoms with Gasteiger partial charge in [-0.1, -0.05) is 213 Å². The molecule has 0 bridgehead atoms. The van der Waals surface area contributed by atoms with Crippen molar-refractivity contribution < 1.29 is 58.2 Å². The molecule has 12 heteroatoms. The molecule has 0 amide bonds. The lowest BCUT2D eigenvalue weighted by molar-refractivity contribution is -0.301. The molecule has 0 spiro atoms. The minimum atomic E-state index is -1.89. The number of carbonyl (C=O) groups is 4. The molecule has 1 rings (SSSR count).